The van der Waals surface area contributed by atoms with Gasteiger partial charge in [-0.05, 0) is 37.3 Å². The predicted octanol–water partition coefficient (Wildman–Crippen LogP) is 1.91. The summed E-state index contributed by atoms with van der Waals surface area (Å²) in [4.78, 5) is 31.3. The van der Waals surface area contributed by atoms with Crippen molar-refractivity contribution in [3.05, 3.63) is 37.8 Å². The summed E-state index contributed by atoms with van der Waals surface area (Å²) in [6.45, 7) is 2.09. The average Bonchev–Trinajstić information content (AvgIpc) is 2.98. The average molecular weight is 336 g/mol. The van der Waals surface area contributed by atoms with Crippen LogP contribution in [-0.4, -0.2) is 23.0 Å². The number of hydrogen-bond donors (Lipinski definition) is 3. The number of aromatic amines is 1. The van der Waals surface area contributed by atoms with Gasteiger partial charge in [-0.1, -0.05) is 6.92 Å². The number of thiophene rings is 1. The van der Waals surface area contributed by atoms with Gasteiger partial charge >= 0.3 is 5.97 Å². The van der Waals surface area contributed by atoms with Crippen LogP contribution < -0.4 is 17.0 Å². The van der Waals surface area contributed by atoms with Crippen LogP contribution in [0.2, 0.25) is 0 Å². The second kappa shape index (κ2) is 7.28. The number of esters is 1. The van der Waals surface area contributed by atoms with E-state index in [4.69, 9.17) is 16.2 Å². The number of carbonyl (C=O) groups excluding carboxylic acids is 1. The van der Waals surface area contributed by atoms with E-state index in [2.05, 4.69) is 16.9 Å². The van der Waals surface area contributed by atoms with E-state index in [0.29, 0.717) is 16.9 Å². The highest BCUT2D eigenvalue weighted by Gasteiger charge is 2.14. The molecule has 2 heterocycles. The van der Waals surface area contributed by atoms with E-state index in [0.717, 1.165) is 17.7 Å². The van der Waals surface area contributed by atoms with Crippen molar-refractivity contribution in [2.75, 3.05) is 18.6 Å². The largest absolute Gasteiger partial charge is 0.465 e. The lowest BCUT2D eigenvalue weighted by Crippen LogP contribution is -2.19. The number of nitrogens with two attached hydrogens (primary N) is 2. The molecule has 23 heavy (non-hydrogen) atoms. The fourth-order valence-corrected chi connectivity index (χ4v) is 3.34. The second-order valence-corrected chi connectivity index (χ2v) is 6.42. The molecule has 2 aromatic rings. The maximum absolute atomic E-state index is 11.8. The molecule has 7 nitrogen and oxygen atoms in total. The van der Waals surface area contributed by atoms with Crippen molar-refractivity contribution < 1.29 is 9.53 Å². The summed E-state index contributed by atoms with van der Waals surface area (Å²) in [7, 11) is 1.37. The molecule has 1 atom stereocenters. The number of nitrogens with zero attached hydrogens (tertiary/aromatic N) is 1. The molecule has 1 unspecified atom stereocenters. The molecule has 0 radical (unpaired) electrons. The summed E-state index contributed by atoms with van der Waals surface area (Å²) in [5.74, 6) is 0.169. The summed E-state index contributed by atoms with van der Waals surface area (Å²) in [5.41, 5.74) is 11.4. The second-order valence-electron chi connectivity index (χ2n) is 5.30. The number of nitrogens with one attached hydrogen (secondary N) is 1. The molecular weight excluding hydrogens is 316 g/mol. The Balaban J connectivity index is 1.95. The minimum absolute atomic E-state index is 0.0264. The van der Waals surface area contributed by atoms with Gasteiger partial charge in [0.2, 0.25) is 5.95 Å². The number of ether oxygens (including phenoxy) is 1. The Kier molecular flexibility index (Phi) is 5.38. The number of H-pyrrole nitrogens is 1. The predicted molar refractivity (Wildman–Crippen MR) is 90.7 cm³/mol. The lowest BCUT2D eigenvalue weighted by atomic mass is 10.0. The Bertz CT molecular complexity index is 753. The van der Waals surface area contributed by atoms with E-state index in [1.807, 2.05) is 6.07 Å². The number of rotatable bonds is 6. The number of nitrogen functional groups attached to an aromatic ring is 2. The molecule has 0 saturated carbocycles. The van der Waals surface area contributed by atoms with Crippen LogP contribution in [0.15, 0.2) is 16.9 Å². The summed E-state index contributed by atoms with van der Waals surface area (Å²) < 4.78 is 4.71. The molecular formula is C15H20N4O3S. The van der Waals surface area contributed by atoms with Gasteiger partial charge in [-0.25, -0.2) is 4.79 Å². The van der Waals surface area contributed by atoms with Gasteiger partial charge in [-0.15, -0.1) is 11.3 Å². The maximum Gasteiger partial charge on any atom is 0.348 e. The molecule has 0 bridgehead atoms. The lowest BCUT2D eigenvalue weighted by molar-refractivity contribution is 0.0606. The van der Waals surface area contributed by atoms with E-state index in [1.54, 1.807) is 6.07 Å². The molecule has 2 rings (SSSR count). The first-order valence-electron chi connectivity index (χ1n) is 7.24. The highest BCUT2D eigenvalue weighted by Crippen LogP contribution is 2.29. The van der Waals surface area contributed by atoms with Gasteiger partial charge in [-0.3, -0.25) is 9.78 Å². The Labute approximate surface area is 137 Å². The van der Waals surface area contributed by atoms with Gasteiger partial charge in [0, 0.05) is 4.88 Å². The third-order valence-electron chi connectivity index (χ3n) is 3.63. The Morgan fingerprint density at radius 2 is 2.17 bits per heavy atom. The van der Waals surface area contributed by atoms with E-state index in [-0.39, 0.29) is 29.2 Å². The van der Waals surface area contributed by atoms with Crippen molar-refractivity contribution in [3.63, 3.8) is 0 Å². The first-order chi connectivity index (χ1) is 10.9. The third kappa shape index (κ3) is 4.10. The van der Waals surface area contributed by atoms with Gasteiger partial charge in [-0.2, -0.15) is 4.98 Å². The molecule has 0 aliphatic rings. The number of carbonyl (C=O) groups is 1. The quantitative estimate of drug-likeness (QED) is 0.692. The summed E-state index contributed by atoms with van der Waals surface area (Å²) >= 11 is 1.43. The first kappa shape index (κ1) is 17.0. The fraction of sp³-hybridized carbons (Fsp3) is 0.400. The topological polar surface area (TPSA) is 124 Å². The van der Waals surface area contributed by atoms with Crippen molar-refractivity contribution in [2.45, 2.75) is 32.1 Å². The van der Waals surface area contributed by atoms with Crippen molar-refractivity contribution >= 4 is 29.1 Å². The summed E-state index contributed by atoms with van der Waals surface area (Å²) in [6, 6.07) is 3.71. The molecule has 0 fully saturated rings. The third-order valence-corrected chi connectivity index (χ3v) is 4.93. The highest BCUT2D eigenvalue weighted by molar-refractivity contribution is 7.14. The molecule has 0 spiro atoms. The van der Waals surface area contributed by atoms with Gasteiger partial charge in [0.15, 0.2) is 0 Å². The van der Waals surface area contributed by atoms with Gasteiger partial charge in [0.1, 0.15) is 10.7 Å². The first-order valence-corrected chi connectivity index (χ1v) is 8.06. The number of aromatic nitrogens is 2. The van der Waals surface area contributed by atoms with Crippen LogP contribution in [0.1, 0.15) is 45.8 Å². The van der Waals surface area contributed by atoms with Crippen LogP contribution >= 0.6 is 11.3 Å². The van der Waals surface area contributed by atoms with Crippen LogP contribution in [0.4, 0.5) is 11.8 Å². The van der Waals surface area contributed by atoms with Crippen LogP contribution in [-0.2, 0) is 11.2 Å². The van der Waals surface area contributed by atoms with Crippen LogP contribution in [0.3, 0.4) is 0 Å². The molecule has 8 heteroatoms. The van der Waals surface area contributed by atoms with E-state index >= 15 is 0 Å². The van der Waals surface area contributed by atoms with Gasteiger partial charge in [0.05, 0.1) is 12.7 Å². The Morgan fingerprint density at radius 1 is 1.43 bits per heavy atom. The standard InChI is InChI=1S/C15H20N4O3S/c1-8(10-6-7-11(23-10)14(21)22-2)4-3-5-9-12(16)18-15(17)19-13(9)20/h6-8H,3-5H2,1-2H3,(H5,16,17,18,19,20). The lowest BCUT2D eigenvalue weighted by Gasteiger charge is -2.09. The molecule has 5 N–H and O–H groups in total. The van der Waals surface area contributed by atoms with Crippen LogP contribution in [0, 0.1) is 0 Å². The Hall–Kier alpha value is -2.35. The SMILES string of the molecule is COC(=O)c1ccc(C(C)CCCc2c(N)nc(N)[nH]c2=O)s1. The maximum atomic E-state index is 11.8. The van der Waals surface area contributed by atoms with E-state index in [1.165, 1.54) is 18.4 Å². The van der Waals surface area contributed by atoms with Crippen LogP contribution in [0.5, 0.6) is 0 Å². The highest BCUT2D eigenvalue weighted by atomic mass is 32.1. The zero-order valence-electron chi connectivity index (χ0n) is 13.1. The molecule has 0 aliphatic heterocycles. The van der Waals surface area contributed by atoms with Gasteiger partial charge < -0.3 is 16.2 Å². The molecule has 2 aromatic heterocycles. The minimum Gasteiger partial charge on any atom is -0.465 e. The molecule has 124 valence electrons. The van der Waals surface area contributed by atoms with Gasteiger partial charge in [0.25, 0.3) is 5.56 Å². The monoisotopic (exact) mass is 336 g/mol. The summed E-state index contributed by atoms with van der Waals surface area (Å²) in [5, 5.41) is 0. The smallest absolute Gasteiger partial charge is 0.348 e. The van der Waals surface area contributed by atoms with Crippen molar-refractivity contribution in [1.29, 1.82) is 0 Å². The van der Waals surface area contributed by atoms with Crippen molar-refractivity contribution in [1.82, 2.24) is 9.97 Å². The van der Waals surface area contributed by atoms with E-state index < -0.39 is 0 Å². The zero-order valence-corrected chi connectivity index (χ0v) is 13.9. The Morgan fingerprint density at radius 3 is 2.83 bits per heavy atom. The number of anilines is 2. The van der Waals surface area contributed by atoms with Crippen molar-refractivity contribution in [2.24, 2.45) is 0 Å². The van der Waals surface area contributed by atoms with E-state index in [9.17, 15) is 9.59 Å². The molecule has 0 saturated heterocycles. The number of hydrogen-bond acceptors (Lipinski definition) is 7. The van der Waals surface area contributed by atoms with Crippen LogP contribution in [0.25, 0.3) is 0 Å². The molecule has 0 amide bonds. The molecule has 0 aromatic carbocycles. The fourth-order valence-electron chi connectivity index (χ4n) is 2.33. The number of methoxy groups -OCH3 is 1. The summed E-state index contributed by atoms with van der Waals surface area (Å²) in [6.07, 6.45) is 2.18. The zero-order chi connectivity index (χ0) is 17.0. The van der Waals surface area contributed by atoms with Crippen molar-refractivity contribution in [3.8, 4) is 0 Å². The molecule has 0 aliphatic carbocycles. The normalized spacial score (nSPS) is 12.1. The minimum atomic E-state index is -0.319.